The number of aromatic amines is 1. The van der Waals surface area contributed by atoms with Crippen molar-refractivity contribution in [3.8, 4) is 17.1 Å². The second-order valence-electron chi connectivity index (χ2n) is 5.69. The van der Waals surface area contributed by atoms with Gasteiger partial charge < -0.3 is 4.74 Å². The van der Waals surface area contributed by atoms with Gasteiger partial charge in [-0.05, 0) is 30.3 Å². The number of para-hydroxylation sites is 1. The molecule has 0 saturated heterocycles. The van der Waals surface area contributed by atoms with Crippen LogP contribution in [0.25, 0.3) is 22.3 Å². The lowest BCUT2D eigenvalue weighted by molar-refractivity contribution is 0.102. The number of carbonyl (C=O) groups is 1. The Hall–Kier alpha value is -3.45. The molecule has 0 saturated carbocycles. The number of rotatable bonds is 4. The highest BCUT2D eigenvalue weighted by Gasteiger charge is 2.16. The molecule has 1 amide bonds. The molecule has 0 aliphatic heterocycles. The first-order valence-electron chi connectivity index (χ1n) is 8.07. The van der Waals surface area contributed by atoms with E-state index in [1.54, 1.807) is 31.5 Å². The number of H-pyrrole nitrogens is 1. The number of methoxy groups -OCH3 is 1. The summed E-state index contributed by atoms with van der Waals surface area (Å²) in [5.74, 6) is 0.880. The predicted molar refractivity (Wildman–Crippen MR) is 103 cm³/mol. The van der Waals surface area contributed by atoms with Gasteiger partial charge in [0.25, 0.3) is 5.91 Å². The van der Waals surface area contributed by atoms with Crippen molar-refractivity contribution < 1.29 is 9.53 Å². The highest BCUT2D eigenvalue weighted by molar-refractivity contribution is 6.32. The zero-order chi connectivity index (χ0) is 18.8. The normalized spacial score (nSPS) is 10.7. The number of fused-ring (bicyclic) bond motifs is 1. The summed E-state index contributed by atoms with van der Waals surface area (Å²) in [7, 11) is 1.58. The summed E-state index contributed by atoms with van der Waals surface area (Å²) < 4.78 is 5.32. The number of carbonyl (C=O) groups excluding carboxylic acids is 1. The van der Waals surface area contributed by atoms with Gasteiger partial charge in [0.1, 0.15) is 5.75 Å². The smallest absolute Gasteiger partial charge is 0.260 e. The van der Waals surface area contributed by atoms with Gasteiger partial charge in [0.15, 0.2) is 5.82 Å². The van der Waals surface area contributed by atoms with Crippen molar-refractivity contribution in [2.24, 2.45) is 0 Å². The lowest BCUT2D eigenvalue weighted by Crippen LogP contribution is -2.14. The Bertz CT molecular complexity index is 1140. The molecule has 2 aromatic carbocycles. The van der Waals surface area contributed by atoms with E-state index in [1.165, 1.54) is 0 Å². The van der Waals surface area contributed by atoms with E-state index in [9.17, 15) is 4.79 Å². The van der Waals surface area contributed by atoms with E-state index in [-0.39, 0.29) is 5.95 Å². The Morgan fingerprint density at radius 3 is 2.89 bits per heavy atom. The van der Waals surface area contributed by atoms with Crippen molar-refractivity contribution in [3.05, 3.63) is 65.3 Å². The third kappa shape index (κ3) is 3.32. The van der Waals surface area contributed by atoms with E-state index < -0.39 is 5.91 Å². The van der Waals surface area contributed by atoms with Crippen molar-refractivity contribution in [1.82, 2.24) is 20.2 Å². The number of ether oxygens (including phenoxy) is 1. The van der Waals surface area contributed by atoms with Gasteiger partial charge in [-0.3, -0.25) is 20.2 Å². The van der Waals surface area contributed by atoms with Crippen LogP contribution in [-0.2, 0) is 0 Å². The second kappa shape index (κ2) is 7.05. The number of anilines is 1. The predicted octanol–water partition coefficient (Wildman–Crippen LogP) is 3.93. The minimum Gasteiger partial charge on any atom is -0.496 e. The number of pyridine rings is 1. The number of halogens is 1. The number of amides is 1. The molecule has 0 unspecified atom stereocenters. The first-order chi connectivity index (χ1) is 13.2. The minimum atomic E-state index is -0.397. The molecule has 0 radical (unpaired) electrons. The molecule has 27 heavy (non-hydrogen) atoms. The monoisotopic (exact) mass is 379 g/mol. The van der Waals surface area contributed by atoms with Gasteiger partial charge in [-0.2, -0.15) is 4.98 Å². The Morgan fingerprint density at radius 1 is 1.19 bits per heavy atom. The van der Waals surface area contributed by atoms with Crippen molar-refractivity contribution in [2.75, 3.05) is 12.4 Å². The van der Waals surface area contributed by atoms with E-state index in [0.29, 0.717) is 27.7 Å². The number of nitrogens with one attached hydrogen (secondary N) is 2. The molecular formula is C19H14ClN5O2. The number of benzene rings is 2. The Balaban J connectivity index is 1.64. The first kappa shape index (κ1) is 17.0. The fraction of sp³-hybridized carbons (Fsp3) is 0.0526. The van der Waals surface area contributed by atoms with Crippen LogP contribution in [-0.4, -0.2) is 33.2 Å². The molecule has 2 N–H and O–H groups in total. The summed E-state index contributed by atoms with van der Waals surface area (Å²) in [4.78, 5) is 21.3. The minimum absolute atomic E-state index is 0.143. The van der Waals surface area contributed by atoms with E-state index in [0.717, 1.165) is 10.9 Å². The number of hydrogen-bond donors (Lipinski definition) is 2. The van der Waals surface area contributed by atoms with Crippen LogP contribution in [0.3, 0.4) is 0 Å². The fourth-order valence-corrected chi connectivity index (χ4v) is 3.00. The van der Waals surface area contributed by atoms with Gasteiger partial charge in [0.2, 0.25) is 5.95 Å². The third-order valence-electron chi connectivity index (χ3n) is 3.99. The molecule has 0 aliphatic rings. The summed E-state index contributed by atoms with van der Waals surface area (Å²) in [6.07, 6.45) is 1.62. The molecule has 134 valence electrons. The number of nitrogens with zero attached hydrogens (tertiary/aromatic N) is 3. The molecular weight excluding hydrogens is 366 g/mol. The molecule has 0 aliphatic carbocycles. The molecule has 0 spiro atoms. The maximum Gasteiger partial charge on any atom is 0.260 e. The molecule has 2 heterocycles. The van der Waals surface area contributed by atoms with Gasteiger partial charge in [0.05, 0.1) is 23.8 Å². The fourth-order valence-electron chi connectivity index (χ4n) is 2.78. The van der Waals surface area contributed by atoms with Crippen LogP contribution in [0, 0.1) is 0 Å². The van der Waals surface area contributed by atoms with Crippen molar-refractivity contribution >= 4 is 34.4 Å². The highest BCUT2D eigenvalue weighted by Crippen LogP contribution is 2.27. The maximum atomic E-state index is 12.7. The third-order valence-corrected chi connectivity index (χ3v) is 4.21. The van der Waals surface area contributed by atoms with Crippen LogP contribution in [0.2, 0.25) is 5.02 Å². The lowest BCUT2D eigenvalue weighted by Gasteiger charge is -2.06. The van der Waals surface area contributed by atoms with Crippen molar-refractivity contribution in [2.45, 2.75) is 0 Å². The number of hydrogen-bond acceptors (Lipinski definition) is 5. The van der Waals surface area contributed by atoms with E-state index in [1.807, 2.05) is 30.3 Å². The van der Waals surface area contributed by atoms with Crippen molar-refractivity contribution in [1.29, 1.82) is 0 Å². The quantitative estimate of drug-likeness (QED) is 0.560. The van der Waals surface area contributed by atoms with Crippen LogP contribution < -0.4 is 10.1 Å². The number of aromatic nitrogens is 4. The molecule has 8 heteroatoms. The molecule has 0 atom stereocenters. The average Bonchev–Trinajstić information content (AvgIpc) is 3.15. The van der Waals surface area contributed by atoms with Crippen LogP contribution in [0.5, 0.6) is 5.75 Å². The molecule has 0 bridgehead atoms. The zero-order valence-electron chi connectivity index (χ0n) is 14.2. The molecule has 2 aromatic heterocycles. The van der Waals surface area contributed by atoms with E-state index in [2.05, 4.69) is 25.5 Å². The van der Waals surface area contributed by atoms with E-state index in [4.69, 9.17) is 16.3 Å². The molecule has 0 fully saturated rings. The standard InChI is InChI=1S/C19H14ClN5O2/c1-27-15-7-3-2-6-13(15)17-22-19(25-24-17)23-18(26)14-10-12(20)9-11-5-4-8-21-16(11)14/h2-10H,1H3,(H2,22,23,24,25,26). The largest absolute Gasteiger partial charge is 0.496 e. The van der Waals surface area contributed by atoms with Crippen LogP contribution >= 0.6 is 11.6 Å². The van der Waals surface area contributed by atoms with E-state index >= 15 is 0 Å². The van der Waals surface area contributed by atoms with Gasteiger partial charge >= 0.3 is 0 Å². The first-order valence-corrected chi connectivity index (χ1v) is 8.45. The highest BCUT2D eigenvalue weighted by atomic mass is 35.5. The van der Waals surface area contributed by atoms with Gasteiger partial charge in [0, 0.05) is 16.6 Å². The Labute approximate surface area is 159 Å². The second-order valence-corrected chi connectivity index (χ2v) is 6.13. The summed E-state index contributed by atoms with van der Waals surface area (Å²) in [5, 5.41) is 10.8. The van der Waals surface area contributed by atoms with Gasteiger partial charge in [-0.1, -0.05) is 29.8 Å². The topological polar surface area (TPSA) is 92.8 Å². The summed E-state index contributed by atoms with van der Waals surface area (Å²) in [5.41, 5.74) is 1.64. The summed E-state index contributed by atoms with van der Waals surface area (Å²) >= 11 is 6.13. The van der Waals surface area contributed by atoms with Crippen LogP contribution in [0.15, 0.2) is 54.7 Å². The van der Waals surface area contributed by atoms with Gasteiger partial charge in [-0.25, -0.2) is 0 Å². The Kier molecular flexibility index (Phi) is 4.43. The molecule has 4 aromatic rings. The average molecular weight is 380 g/mol. The molecule has 7 nitrogen and oxygen atoms in total. The van der Waals surface area contributed by atoms with Crippen LogP contribution in [0.1, 0.15) is 10.4 Å². The summed E-state index contributed by atoms with van der Waals surface area (Å²) in [6, 6.07) is 14.3. The maximum absolute atomic E-state index is 12.7. The van der Waals surface area contributed by atoms with Crippen LogP contribution in [0.4, 0.5) is 5.95 Å². The van der Waals surface area contributed by atoms with Crippen molar-refractivity contribution in [3.63, 3.8) is 0 Å². The molecule has 4 rings (SSSR count). The lowest BCUT2D eigenvalue weighted by atomic mass is 10.1. The SMILES string of the molecule is COc1ccccc1-c1nc(NC(=O)c2cc(Cl)cc3cccnc23)n[nH]1. The van der Waals surface area contributed by atoms with Gasteiger partial charge in [-0.15, -0.1) is 5.10 Å². The summed E-state index contributed by atoms with van der Waals surface area (Å²) in [6.45, 7) is 0. The Morgan fingerprint density at radius 2 is 2.04 bits per heavy atom. The zero-order valence-corrected chi connectivity index (χ0v) is 15.0.